The Morgan fingerprint density at radius 1 is 1.41 bits per heavy atom. The van der Waals surface area contributed by atoms with Crippen LogP contribution in [0.2, 0.25) is 0 Å². The monoisotopic (exact) mass is 252 g/mol. The first-order valence-corrected chi connectivity index (χ1v) is 7.26. The Kier molecular flexibility index (Phi) is 4.35. The van der Waals surface area contributed by atoms with E-state index in [1.165, 1.54) is 11.3 Å². The van der Waals surface area contributed by atoms with E-state index < -0.39 is 5.60 Å². The van der Waals surface area contributed by atoms with E-state index in [0.29, 0.717) is 12.2 Å². The lowest BCUT2D eigenvalue weighted by Crippen LogP contribution is -2.42. The van der Waals surface area contributed by atoms with Gasteiger partial charge < -0.3 is 4.74 Å². The van der Waals surface area contributed by atoms with Crippen LogP contribution in [0.3, 0.4) is 0 Å². The van der Waals surface area contributed by atoms with E-state index in [0.717, 1.165) is 32.1 Å². The molecule has 0 spiro atoms. The maximum atomic E-state index is 12.3. The zero-order valence-electron chi connectivity index (χ0n) is 10.4. The van der Waals surface area contributed by atoms with Crippen LogP contribution in [-0.2, 0) is 16.0 Å². The van der Waals surface area contributed by atoms with Crippen molar-refractivity contribution in [1.82, 2.24) is 0 Å². The molecular weight excluding hydrogens is 232 g/mol. The van der Waals surface area contributed by atoms with Gasteiger partial charge in [0.2, 0.25) is 0 Å². The number of thiophene rings is 1. The van der Waals surface area contributed by atoms with E-state index in [1.807, 2.05) is 6.07 Å². The standard InChI is InChI=1S/C14H20O2S/c1-16-14(9-3-2-4-10-14)13(15)8-7-12-6-5-11-17-12/h5-6,11H,2-4,7-10H2,1H3. The van der Waals surface area contributed by atoms with Crippen molar-refractivity contribution in [3.63, 3.8) is 0 Å². The van der Waals surface area contributed by atoms with Gasteiger partial charge in [0.05, 0.1) is 0 Å². The molecule has 1 aromatic heterocycles. The number of rotatable bonds is 5. The molecule has 0 aliphatic heterocycles. The molecule has 1 fully saturated rings. The molecule has 0 saturated heterocycles. The molecule has 1 heterocycles. The third-order valence-corrected chi connectivity index (χ3v) is 4.67. The van der Waals surface area contributed by atoms with Crippen molar-refractivity contribution in [2.75, 3.05) is 7.11 Å². The van der Waals surface area contributed by atoms with E-state index in [2.05, 4.69) is 11.4 Å². The van der Waals surface area contributed by atoms with Crippen LogP contribution in [0.1, 0.15) is 43.4 Å². The van der Waals surface area contributed by atoms with Gasteiger partial charge in [0, 0.05) is 18.4 Å². The van der Waals surface area contributed by atoms with Crippen LogP contribution < -0.4 is 0 Å². The maximum Gasteiger partial charge on any atom is 0.164 e. The predicted octanol–water partition coefficient (Wildman–Crippen LogP) is 3.60. The van der Waals surface area contributed by atoms with Gasteiger partial charge in [-0.05, 0) is 30.7 Å². The van der Waals surface area contributed by atoms with Gasteiger partial charge in [0.15, 0.2) is 5.78 Å². The van der Waals surface area contributed by atoms with Crippen molar-refractivity contribution in [2.45, 2.75) is 50.5 Å². The first-order chi connectivity index (χ1) is 8.27. The molecule has 1 aliphatic carbocycles. The molecular formula is C14H20O2S. The SMILES string of the molecule is COC1(C(=O)CCc2cccs2)CCCCC1. The Bertz CT molecular complexity index is 350. The topological polar surface area (TPSA) is 26.3 Å². The first kappa shape index (κ1) is 12.8. The Morgan fingerprint density at radius 2 is 2.18 bits per heavy atom. The molecule has 2 nitrogen and oxygen atoms in total. The van der Waals surface area contributed by atoms with Crippen LogP contribution in [0.25, 0.3) is 0 Å². The average molecular weight is 252 g/mol. The van der Waals surface area contributed by atoms with Crippen molar-refractivity contribution in [2.24, 2.45) is 0 Å². The fourth-order valence-corrected chi connectivity index (χ4v) is 3.35. The lowest BCUT2D eigenvalue weighted by molar-refractivity contribution is -0.145. The molecule has 1 aliphatic rings. The van der Waals surface area contributed by atoms with Crippen molar-refractivity contribution in [1.29, 1.82) is 0 Å². The Morgan fingerprint density at radius 3 is 2.76 bits per heavy atom. The minimum Gasteiger partial charge on any atom is -0.370 e. The van der Waals surface area contributed by atoms with Gasteiger partial charge in [-0.15, -0.1) is 11.3 Å². The molecule has 0 aromatic carbocycles. The van der Waals surface area contributed by atoms with Crippen molar-refractivity contribution in [3.05, 3.63) is 22.4 Å². The number of carbonyl (C=O) groups excluding carboxylic acids is 1. The number of hydrogen-bond donors (Lipinski definition) is 0. The molecule has 0 atom stereocenters. The van der Waals surface area contributed by atoms with Crippen LogP contribution >= 0.6 is 11.3 Å². The van der Waals surface area contributed by atoms with Gasteiger partial charge in [0.1, 0.15) is 5.60 Å². The van der Waals surface area contributed by atoms with Gasteiger partial charge in [0.25, 0.3) is 0 Å². The second-order valence-electron chi connectivity index (χ2n) is 4.76. The molecule has 0 unspecified atom stereocenters. The van der Waals surface area contributed by atoms with Crippen molar-refractivity contribution < 1.29 is 9.53 Å². The van der Waals surface area contributed by atoms with Gasteiger partial charge in [-0.25, -0.2) is 0 Å². The summed E-state index contributed by atoms with van der Waals surface area (Å²) in [6.07, 6.45) is 6.79. The highest BCUT2D eigenvalue weighted by molar-refractivity contribution is 7.09. The molecule has 0 bridgehead atoms. The number of Topliss-reactive ketones (excluding diaryl/α,β-unsaturated/α-hetero) is 1. The van der Waals surface area contributed by atoms with E-state index >= 15 is 0 Å². The van der Waals surface area contributed by atoms with Gasteiger partial charge in [-0.1, -0.05) is 25.3 Å². The number of ether oxygens (including phenoxy) is 1. The Balaban J connectivity index is 1.93. The number of methoxy groups -OCH3 is 1. The smallest absolute Gasteiger partial charge is 0.164 e. The predicted molar refractivity (Wildman–Crippen MR) is 70.5 cm³/mol. The number of carbonyl (C=O) groups is 1. The molecule has 1 saturated carbocycles. The normalized spacial score (nSPS) is 19.1. The minimum atomic E-state index is -0.463. The fourth-order valence-electron chi connectivity index (χ4n) is 2.64. The molecule has 3 heteroatoms. The highest BCUT2D eigenvalue weighted by Gasteiger charge is 2.38. The minimum absolute atomic E-state index is 0.299. The number of hydrogen-bond acceptors (Lipinski definition) is 3. The molecule has 2 rings (SSSR count). The first-order valence-electron chi connectivity index (χ1n) is 6.38. The Labute approximate surface area is 107 Å². The van der Waals surface area contributed by atoms with Crippen LogP contribution in [0.15, 0.2) is 17.5 Å². The highest BCUT2D eigenvalue weighted by Crippen LogP contribution is 2.33. The van der Waals surface area contributed by atoms with Crippen LogP contribution in [0.4, 0.5) is 0 Å². The fraction of sp³-hybridized carbons (Fsp3) is 0.643. The third kappa shape index (κ3) is 2.96. The number of ketones is 1. The summed E-state index contributed by atoms with van der Waals surface area (Å²) in [5.74, 6) is 0.299. The summed E-state index contributed by atoms with van der Waals surface area (Å²) < 4.78 is 5.56. The Hall–Kier alpha value is -0.670. The summed E-state index contributed by atoms with van der Waals surface area (Å²) in [6.45, 7) is 0. The second-order valence-corrected chi connectivity index (χ2v) is 5.79. The van der Waals surface area contributed by atoms with Crippen LogP contribution in [0, 0.1) is 0 Å². The van der Waals surface area contributed by atoms with E-state index in [9.17, 15) is 4.79 Å². The third-order valence-electron chi connectivity index (χ3n) is 3.74. The summed E-state index contributed by atoms with van der Waals surface area (Å²) in [5, 5.41) is 2.06. The van der Waals surface area contributed by atoms with E-state index in [1.54, 1.807) is 18.4 Å². The van der Waals surface area contributed by atoms with Crippen LogP contribution in [0.5, 0.6) is 0 Å². The molecule has 17 heavy (non-hydrogen) atoms. The maximum absolute atomic E-state index is 12.3. The summed E-state index contributed by atoms with van der Waals surface area (Å²) >= 11 is 1.73. The molecule has 0 amide bonds. The quantitative estimate of drug-likeness (QED) is 0.800. The van der Waals surface area contributed by atoms with Crippen molar-refractivity contribution in [3.8, 4) is 0 Å². The summed E-state index contributed by atoms with van der Waals surface area (Å²) in [5.41, 5.74) is -0.463. The molecule has 1 aromatic rings. The number of aryl methyl sites for hydroxylation is 1. The second kappa shape index (κ2) is 5.78. The van der Waals surface area contributed by atoms with E-state index in [4.69, 9.17) is 4.74 Å². The summed E-state index contributed by atoms with van der Waals surface area (Å²) in [6, 6.07) is 4.13. The molecule has 0 radical (unpaired) electrons. The van der Waals surface area contributed by atoms with Crippen LogP contribution in [-0.4, -0.2) is 18.5 Å². The summed E-state index contributed by atoms with van der Waals surface area (Å²) in [7, 11) is 1.69. The zero-order chi connectivity index (χ0) is 12.1. The molecule has 94 valence electrons. The van der Waals surface area contributed by atoms with Gasteiger partial charge >= 0.3 is 0 Å². The largest absolute Gasteiger partial charge is 0.370 e. The van der Waals surface area contributed by atoms with Crippen molar-refractivity contribution >= 4 is 17.1 Å². The van der Waals surface area contributed by atoms with Gasteiger partial charge in [-0.3, -0.25) is 4.79 Å². The summed E-state index contributed by atoms with van der Waals surface area (Å²) in [4.78, 5) is 13.6. The molecule has 0 N–H and O–H groups in total. The van der Waals surface area contributed by atoms with Gasteiger partial charge in [-0.2, -0.15) is 0 Å². The highest BCUT2D eigenvalue weighted by atomic mass is 32.1. The lowest BCUT2D eigenvalue weighted by Gasteiger charge is -2.34. The lowest BCUT2D eigenvalue weighted by atomic mass is 9.80. The zero-order valence-corrected chi connectivity index (χ0v) is 11.2. The average Bonchev–Trinajstić information content (AvgIpc) is 2.90. The van der Waals surface area contributed by atoms with E-state index in [-0.39, 0.29) is 0 Å².